The fourth-order valence-corrected chi connectivity index (χ4v) is 2.21. The number of aromatic nitrogens is 2. The van der Waals surface area contributed by atoms with Crippen LogP contribution in [-0.2, 0) is 6.42 Å². The molecule has 0 aliphatic carbocycles. The number of nitrogens with one attached hydrogen (secondary N) is 1. The average Bonchev–Trinajstić information content (AvgIpc) is 2.60. The Bertz CT molecular complexity index is 615. The van der Waals surface area contributed by atoms with Crippen LogP contribution in [0.25, 0.3) is 0 Å². The van der Waals surface area contributed by atoms with Gasteiger partial charge in [-0.15, -0.1) is 0 Å². The number of rotatable bonds is 8. The van der Waals surface area contributed by atoms with Crippen molar-refractivity contribution in [1.29, 1.82) is 0 Å². The predicted octanol–water partition coefficient (Wildman–Crippen LogP) is 2.69. The van der Waals surface area contributed by atoms with Gasteiger partial charge < -0.3 is 10.2 Å². The number of carbonyl (C=O) groups excluding carboxylic acids is 1. The van der Waals surface area contributed by atoms with E-state index in [1.165, 1.54) is 5.56 Å². The van der Waals surface area contributed by atoms with Crippen molar-refractivity contribution in [2.24, 2.45) is 0 Å². The van der Waals surface area contributed by atoms with Gasteiger partial charge in [-0.3, -0.25) is 4.79 Å². The van der Waals surface area contributed by atoms with E-state index in [-0.39, 0.29) is 5.91 Å². The normalized spacial score (nSPS) is 10.3. The van der Waals surface area contributed by atoms with Crippen molar-refractivity contribution in [2.45, 2.75) is 26.2 Å². The van der Waals surface area contributed by atoms with Crippen LogP contribution in [0.4, 0.5) is 5.95 Å². The topological polar surface area (TPSA) is 58.1 Å². The van der Waals surface area contributed by atoms with E-state index in [1.54, 1.807) is 12.3 Å². The molecule has 2 aromatic rings. The number of amides is 1. The van der Waals surface area contributed by atoms with Crippen molar-refractivity contribution in [3.8, 4) is 0 Å². The molecule has 1 N–H and O–H groups in total. The Morgan fingerprint density at radius 1 is 1.22 bits per heavy atom. The van der Waals surface area contributed by atoms with Crippen molar-refractivity contribution in [2.75, 3.05) is 25.0 Å². The van der Waals surface area contributed by atoms with Crippen LogP contribution in [0, 0.1) is 0 Å². The van der Waals surface area contributed by atoms with Crippen LogP contribution < -0.4 is 10.2 Å². The lowest BCUT2D eigenvalue weighted by atomic mass is 10.1. The molecular formula is C18H24N4O. The smallest absolute Gasteiger partial charge is 0.270 e. The third-order valence-electron chi connectivity index (χ3n) is 3.61. The Morgan fingerprint density at radius 2 is 2.00 bits per heavy atom. The van der Waals surface area contributed by atoms with E-state index < -0.39 is 0 Å². The van der Waals surface area contributed by atoms with E-state index in [4.69, 9.17) is 0 Å². The fraction of sp³-hybridized carbons (Fsp3) is 0.389. The van der Waals surface area contributed by atoms with Crippen LogP contribution >= 0.6 is 0 Å². The number of hydrogen-bond acceptors (Lipinski definition) is 4. The number of carbonyl (C=O) groups is 1. The first-order valence-corrected chi connectivity index (χ1v) is 8.07. The lowest BCUT2D eigenvalue weighted by Gasteiger charge is -2.16. The summed E-state index contributed by atoms with van der Waals surface area (Å²) in [4.78, 5) is 22.8. The Kier molecular flexibility index (Phi) is 6.54. The van der Waals surface area contributed by atoms with E-state index in [0.29, 0.717) is 18.2 Å². The maximum absolute atomic E-state index is 12.2. The molecule has 5 nitrogen and oxygen atoms in total. The highest BCUT2D eigenvalue weighted by atomic mass is 16.1. The molecule has 0 fully saturated rings. The molecule has 0 unspecified atom stereocenters. The van der Waals surface area contributed by atoms with E-state index in [1.807, 2.05) is 30.1 Å². The van der Waals surface area contributed by atoms with Gasteiger partial charge in [-0.25, -0.2) is 9.97 Å². The number of anilines is 1. The first kappa shape index (κ1) is 16.9. The van der Waals surface area contributed by atoms with Crippen LogP contribution in [0.3, 0.4) is 0 Å². The van der Waals surface area contributed by atoms with Crippen molar-refractivity contribution < 1.29 is 4.79 Å². The van der Waals surface area contributed by atoms with E-state index in [9.17, 15) is 4.79 Å². The maximum atomic E-state index is 12.2. The van der Waals surface area contributed by atoms with Crippen LogP contribution in [-0.4, -0.2) is 36.0 Å². The summed E-state index contributed by atoms with van der Waals surface area (Å²) >= 11 is 0. The average molecular weight is 312 g/mol. The van der Waals surface area contributed by atoms with Crippen molar-refractivity contribution >= 4 is 11.9 Å². The minimum absolute atomic E-state index is 0.159. The molecule has 0 atom stereocenters. The molecular weight excluding hydrogens is 288 g/mol. The monoisotopic (exact) mass is 312 g/mol. The second kappa shape index (κ2) is 8.88. The fourth-order valence-electron chi connectivity index (χ4n) is 2.21. The lowest BCUT2D eigenvalue weighted by molar-refractivity contribution is 0.0949. The largest absolute Gasteiger partial charge is 0.350 e. The summed E-state index contributed by atoms with van der Waals surface area (Å²) in [6, 6.07) is 11.7. The van der Waals surface area contributed by atoms with Gasteiger partial charge in [0.15, 0.2) is 0 Å². The van der Waals surface area contributed by atoms with Gasteiger partial charge in [-0.1, -0.05) is 43.7 Å². The summed E-state index contributed by atoms with van der Waals surface area (Å²) in [6.07, 6.45) is 4.63. The molecule has 23 heavy (non-hydrogen) atoms. The van der Waals surface area contributed by atoms with Gasteiger partial charge in [0, 0.05) is 26.3 Å². The van der Waals surface area contributed by atoms with Crippen molar-refractivity contribution in [3.63, 3.8) is 0 Å². The number of benzene rings is 1. The first-order chi connectivity index (χ1) is 11.2. The maximum Gasteiger partial charge on any atom is 0.270 e. The Balaban J connectivity index is 1.89. The SMILES string of the molecule is CCCCN(C)c1nccc(C(=O)NCCc2ccccc2)n1. The zero-order chi connectivity index (χ0) is 16.5. The molecule has 122 valence electrons. The van der Waals surface area contributed by atoms with Gasteiger partial charge in [0.25, 0.3) is 5.91 Å². The van der Waals surface area contributed by atoms with Gasteiger partial charge in [0.05, 0.1) is 0 Å². The van der Waals surface area contributed by atoms with Crippen molar-refractivity contribution in [1.82, 2.24) is 15.3 Å². The minimum atomic E-state index is -0.159. The zero-order valence-electron chi connectivity index (χ0n) is 13.8. The second-order valence-corrected chi connectivity index (χ2v) is 5.51. The van der Waals surface area contributed by atoms with Gasteiger partial charge in [-0.05, 0) is 24.5 Å². The highest BCUT2D eigenvalue weighted by Crippen LogP contribution is 2.07. The molecule has 1 aromatic heterocycles. The van der Waals surface area contributed by atoms with Gasteiger partial charge in [0.1, 0.15) is 5.69 Å². The predicted molar refractivity (Wildman–Crippen MR) is 92.7 cm³/mol. The van der Waals surface area contributed by atoms with Gasteiger partial charge in [-0.2, -0.15) is 0 Å². The molecule has 0 aliphatic rings. The minimum Gasteiger partial charge on any atom is -0.350 e. The summed E-state index contributed by atoms with van der Waals surface area (Å²) in [5.41, 5.74) is 1.61. The highest BCUT2D eigenvalue weighted by molar-refractivity contribution is 5.92. The van der Waals surface area contributed by atoms with Crippen LogP contribution in [0.15, 0.2) is 42.6 Å². The standard InChI is InChI=1S/C18H24N4O/c1-3-4-14-22(2)18-20-13-11-16(21-18)17(23)19-12-10-15-8-6-5-7-9-15/h5-9,11,13H,3-4,10,12,14H2,1-2H3,(H,19,23). The molecule has 1 heterocycles. The summed E-state index contributed by atoms with van der Waals surface area (Å²) < 4.78 is 0. The summed E-state index contributed by atoms with van der Waals surface area (Å²) in [5, 5.41) is 2.91. The summed E-state index contributed by atoms with van der Waals surface area (Å²) in [7, 11) is 1.95. The molecule has 5 heteroatoms. The van der Waals surface area contributed by atoms with Crippen LogP contribution in [0.2, 0.25) is 0 Å². The van der Waals surface area contributed by atoms with Crippen LogP contribution in [0.5, 0.6) is 0 Å². The number of hydrogen-bond donors (Lipinski definition) is 1. The quantitative estimate of drug-likeness (QED) is 0.814. The Hall–Kier alpha value is -2.43. The Labute approximate surface area is 137 Å². The highest BCUT2D eigenvalue weighted by Gasteiger charge is 2.10. The van der Waals surface area contributed by atoms with Crippen molar-refractivity contribution in [3.05, 3.63) is 53.9 Å². The molecule has 0 bridgehead atoms. The van der Waals surface area contributed by atoms with E-state index in [0.717, 1.165) is 25.8 Å². The Morgan fingerprint density at radius 3 is 2.74 bits per heavy atom. The van der Waals surface area contributed by atoms with Gasteiger partial charge in [0.2, 0.25) is 5.95 Å². The third kappa shape index (κ3) is 5.36. The van der Waals surface area contributed by atoms with Crippen LogP contribution in [0.1, 0.15) is 35.8 Å². The first-order valence-electron chi connectivity index (χ1n) is 8.07. The molecule has 0 spiro atoms. The molecule has 2 rings (SSSR count). The van der Waals surface area contributed by atoms with Gasteiger partial charge >= 0.3 is 0 Å². The molecule has 1 aromatic carbocycles. The molecule has 0 radical (unpaired) electrons. The van der Waals surface area contributed by atoms with E-state index in [2.05, 4.69) is 34.3 Å². The summed E-state index contributed by atoms with van der Waals surface area (Å²) in [5.74, 6) is 0.433. The lowest BCUT2D eigenvalue weighted by Crippen LogP contribution is -2.28. The molecule has 0 saturated heterocycles. The summed E-state index contributed by atoms with van der Waals surface area (Å²) in [6.45, 7) is 3.62. The number of unbranched alkanes of at least 4 members (excludes halogenated alkanes) is 1. The zero-order valence-corrected chi connectivity index (χ0v) is 13.8. The molecule has 1 amide bonds. The second-order valence-electron chi connectivity index (χ2n) is 5.51. The van der Waals surface area contributed by atoms with E-state index >= 15 is 0 Å². The number of nitrogens with zero attached hydrogens (tertiary/aromatic N) is 3. The molecule has 0 saturated carbocycles. The third-order valence-corrected chi connectivity index (χ3v) is 3.61. The molecule has 0 aliphatic heterocycles.